The fourth-order valence-electron chi connectivity index (χ4n) is 4.67. The monoisotopic (exact) mass is 494 g/mol. The quantitative estimate of drug-likeness (QED) is 0.463. The third kappa shape index (κ3) is 6.57. The number of rotatable bonds is 10. The molecule has 194 valence electrons. The predicted molar refractivity (Wildman–Crippen MR) is 139 cm³/mol. The number of ether oxygens (including phenoxy) is 1. The average Bonchev–Trinajstić information content (AvgIpc) is 2.87. The zero-order valence-electron chi connectivity index (χ0n) is 21.4. The van der Waals surface area contributed by atoms with Crippen molar-refractivity contribution in [2.45, 2.75) is 63.3 Å². The lowest BCUT2D eigenvalue weighted by Crippen LogP contribution is -2.61. The van der Waals surface area contributed by atoms with Crippen molar-refractivity contribution in [3.8, 4) is 0 Å². The van der Waals surface area contributed by atoms with Crippen molar-refractivity contribution in [3.63, 3.8) is 0 Å². The van der Waals surface area contributed by atoms with Gasteiger partial charge in [0.15, 0.2) is 0 Å². The van der Waals surface area contributed by atoms with E-state index in [1.807, 2.05) is 60.7 Å². The summed E-state index contributed by atoms with van der Waals surface area (Å²) >= 11 is 0. The molecule has 2 atom stereocenters. The smallest absolute Gasteiger partial charge is 0.247 e. The van der Waals surface area contributed by atoms with Crippen LogP contribution in [0.5, 0.6) is 0 Å². The lowest BCUT2D eigenvalue weighted by molar-refractivity contribution is -0.141. The summed E-state index contributed by atoms with van der Waals surface area (Å²) in [6.45, 7) is 5.84. The van der Waals surface area contributed by atoms with Gasteiger partial charge in [-0.3, -0.25) is 14.4 Å². The Kier molecular flexibility index (Phi) is 9.00. The lowest BCUT2D eigenvalue weighted by Gasteiger charge is -2.45. The van der Waals surface area contributed by atoms with E-state index in [9.17, 15) is 14.4 Å². The van der Waals surface area contributed by atoms with Crippen LogP contribution in [0.15, 0.2) is 60.7 Å². The van der Waals surface area contributed by atoms with Crippen molar-refractivity contribution in [3.05, 3.63) is 71.8 Å². The summed E-state index contributed by atoms with van der Waals surface area (Å²) in [7, 11) is 0. The van der Waals surface area contributed by atoms with Crippen LogP contribution in [0.2, 0.25) is 0 Å². The number of likely N-dealkylation sites (tertiary alicyclic amines) is 1. The number of nitrogens with zero attached hydrogens (tertiary/aromatic N) is 1. The number of carbonyl (C=O) groups is 3. The molecule has 36 heavy (non-hydrogen) atoms. The van der Waals surface area contributed by atoms with Gasteiger partial charge in [-0.2, -0.15) is 0 Å². The number of hydrogen-bond donors (Lipinski definition) is 3. The van der Waals surface area contributed by atoms with Gasteiger partial charge in [-0.25, -0.2) is 0 Å². The Bertz CT molecular complexity index is 1030. The zero-order chi connectivity index (χ0) is 26.3. The molecule has 0 bridgehead atoms. The van der Waals surface area contributed by atoms with Crippen molar-refractivity contribution in [2.24, 2.45) is 11.5 Å². The van der Waals surface area contributed by atoms with E-state index in [0.717, 1.165) is 11.1 Å². The molecule has 8 heteroatoms. The average molecular weight is 495 g/mol. The first-order chi connectivity index (χ1) is 17.0. The number of nitrogens with two attached hydrogens (primary N) is 2. The fourth-order valence-corrected chi connectivity index (χ4v) is 4.67. The first-order valence-electron chi connectivity index (χ1n) is 12.4. The largest absolute Gasteiger partial charge is 0.374 e. The molecule has 0 saturated carbocycles. The number of benzene rings is 2. The second-order valence-corrected chi connectivity index (χ2v) is 10.2. The maximum atomic E-state index is 13.5. The van der Waals surface area contributed by atoms with Gasteiger partial charge in [-0.15, -0.1) is 0 Å². The fraction of sp³-hybridized carbons (Fsp3) is 0.464. The van der Waals surface area contributed by atoms with Crippen molar-refractivity contribution < 1.29 is 19.1 Å². The van der Waals surface area contributed by atoms with Crippen LogP contribution in [-0.2, 0) is 31.1 Å². The van der Waals surface area contributed by atoms with Gasteiger partial charge in [0, 0.05) is 18.5 Å². The Morgan fingerprint density at radius 2 is 1.58 bits per heavy atom. The first kappa shape index (κ1) is 27.5. The number of Topliss-reactive ketones (excluding diaryl/α,β-unsaturated/α-hetero) is 1. The number of hydrogen-bond acceptors (Lipinski definition) is 6. The zero-order valence-corrected chi connectivity index (χ0v) is 21.4. The predicted octanol–water partition coefficient (Wildman–Crippen LogP) is 1.90. The lowest BCUT2D eigenvalue weighted by atomic mass is 9.67. The van der Waals surface area contributed by atoms with E-state index in [1.54, 1.807) is 18.7 Å². The van der Waals surface area contributed by atoms with Crippen molar-refractivity contribution >= 4 is 17.6 Å². The summed E-state index contributed by atoms with van der Waals surface area (Å²) in [5.41, 5.74) is 12.7. The maximum absolute atomic E-state index is 13.5. The molecule has 1 aliphatic rings. The topological polar surface area (TPSA) is 128 Å². The van der Waals surface area contributed by atoms with Crippen LogP contribution >= 0.6 is 0 Å². The van der Waals surface area contributed by atoms with E-state index in [-0.39, 0.29) is 18.3 Å². The third-order valence-electron chi connectivity index (χ3n) is 6.93. The Morgan fingerprint density at radius 1 is 1.03 bits per heavy atom. The maximum Gasteiger partial charge on any atom is 0.247 e. The number of amides is 2. The highest BCUT2D eigenvalue weighted by Crippen LogP contribution is 2.38. The van der Waals surface area contributed by atoms with E-state index in [0.29, 0.717) is 32.5 Å². The molecule has 1 saturated heterocycles. The highest BCUT2D eigenvalue weighted by molar-refractivity contribution is 5.91. The molecule has 2 amide bonds. The standard InChI is InChI=1S/C28H38N4O4/c1-20(33)24(29)28(22-12-8-5-9-13-22)14-16-32(17-15-28)25(34)23(31-26(35)27(2,3)30)19-36-18-21-10-6-4-7-11-21/h4-13,23-24H,14-19,29-30H2,1-3H3,(H,31,35). The normalized spacial score (nSPS) is 17.2. The van der Waals surface area contributed by atoms with E-state index in [1.165, 1.54) is 6.92 Å². The molecule has 2 aromatic carbocycles. The van der Waals surface area contributed by atoms with Crippen LogP contribution < -0.4 is 16.8 Å². The minimum atomic E-state index is -1.14. The summed E-state index contributed by atoms with van der Waals surface area (Å²) in [6.07, 6.45) is 1.08. The summed E-state index contributed by atoms with van der Waals surface area (Å²) in [5, 5.41) is 2.77. The Hall–Kier alpha value is -3.07. The highest BCUT2D eigenvalue weighted by atomic mass is 16.5. The number of piperidine rings is 1. The van der Waals surface area contributed by atoms with Gasteiger partial charge in [0.2, 0.25) is 11.8 Å². The molecule has 8 nitrogen and oxygen atoms in total. The Morgan fingerprint density at radius 3 is 2.11 bits per heavy atom. The second-order valence-electron chi connectivity index (χ2n) is 10.2. The number of carbonyl (C=O) groups excluding carboxylic acids is 3. The van der Waals surface area contributed by atoms with Crippen molar-refractivity contribution in [2.75, 3.05) is 19.7 Å². The van der Waals surface area contributed by atoms with Gasteiger partial charge in [-0.05, 0) is 44.7 Å². The molecule has 2 unspecified atom stereocenters. The van der Waals surface area contributed by atoms with E-state index >= 15 is 0 Å². The van der Waals surface area contributed by atoms with Crippen LogP contribution in [0.25, 0.3) is 0 Å². The SMILES string of the molecule is CC(=O)C(N)C1(c2ccccc2)CCN(C(=O)C(COCc2ccccc2)NC(=O)C(C)(C)N)CC1. The van der Waals surface area contributed by atoms with Crippen LogP contribution in [-0.4, -0.2) is 59.8 Å². The van der Waals surface area contributed by atoms with Crippen LogP contribution in [0, 0.1) is 0 Å². The molecular formula is C28H38N4O4. The molecule has 5 N–H and O–H groups in total. The molecule has 0 radical (unpaired) electrons. The molecule has 3 rings (SSSR count). The minimum Gasteiger partial charge on any atom is -0.374 e. The Balaban J connectivity index is 1.74. The summed E-state index contributed by atoms with van der Waals surface area (Å²) in [4.78, 5) is 40.2. The molecule has 0 spiro atoms. The van der Waals surface area contributed by atoms with Gasteiger partial charge in [-0.1, -0.05) is 60.7 Å². The van der Waals surface area contributed by atoms with Crippen molar-refractivity contribution in [1.82, 2.24) is 10.2 Å². The first-order valence-corrected chi connectivity index (χ1v) is 12.4. The van der Waals surface area contributed by atoms with Gasteiger partial charge in [0.05, 0.1) is 24.8 Å². The summed E-state index contributed by atoms with van der Waals surface area (Å²) < 4.78 is 5.82. The molecular weight excluding hydrogens is 456 g/mol. The van der Waals surface area contributed by atoms with Crippen LogP contribution in [0.4, 0.5) is 0 Å². The van der Waals surface area contributed by atoms with Crippen molar-refractivity contribution in [1.29, 1.82) is 0 Å². The van der Waals surface area contributed by atoms with Gasteiger partial charge >= 0.3 is 0 Å². The van der Waals surface area contributed by atoms with Crippen LogP contribution in [0.3, 0.4) is 0 Å². The number of ketones is 1. The highest BCUT2D eigenvalue weighted by Gasteiger charge is 2.45. The minimum absolute atomic E-state index is 0.0167. The molecule has 0 aromatic heterocycles. The Labute approximate surface area is 213 Å². The third-order valence-corrected chi connectivity index (χ3v) is 6.93. The molecule has 2 aromatic rings. The summed E-state index contributed by atoms with van der Waals surface area (Å²) in [6, 6.07) is 17.9. The van der Waals surface area contributed by atoms with Gasteiger partial charge < -0.3 is 26.4 Å². The second kappa shape index (κ2) is 11.8. The van der Waals surface area contributed by atoms with Crippen LogP contribution in [0.1, 0.15) is 44.7 Å². The number of nitrogens with one attached hydrogen (secondary N) is 1. The van der Waals surface area contributed by atoms with Gasteiger partial charge in [0.25, 0.3) is 0 Å². The van der Waals surface area contributed by atoms with E-state index in [4.69, 9.17) is 16.2 Å². The van der Waals surface area contributed by atoms with Gasteiger partial charge in [0.1, 0.15) is 11.8 Å². The molecule has 0 aliphatic carbocycles. The summed E-state index contributed by atoms with van der Waals surface area (Å²) in [5.74, 6) is -0.750. The molecule has 1 aliphatic heterocycles. The van der Waals surface area contributed by atoms with E-state index < -0.39 is 28.9 Å². The molecule has 1 heterocycles. The molecule has 1 fully saturated rings. The van der Waals surface area contributed by atoms with E-state index in [2.05, 4.69) is 5.32 Å².